The second-order valence-corrected chi connectivity index (χ2v) is 7.33. The lowest BCUT2D eigenvalue weighted by Crippen LogP contribution is -2.51. The number of amides is 2. The Bertz CT molecular complexity index is 857. The Labute approximate surface area is 153 Å². The van der Waals surface area contributed by atoms with Gasteiger partial charge in [-0.1, -0.05) is 6.07 Å². The van der Waals surface area contributed by atoms with Gasteiger partial charge in [0.25, 0.3) is 5.91 Å². The summed E-state index contributed by atoms with van der Waals surface area (Å²) in [6.45, 7) is 0. The number of likely N-dealkylation sites (tertiary alicyclic amines) is 1. The molecule has 0 unspecified atom stereocenters. The lowest BCUT2D eigenvalue weighted by atomic mass is 9.93. The minimum Gasteiger partial charge on any atom is -0.347 e. The number of carbonyl (C=O) groups excluding carboxylic acids is 2. The number of hydrogen-bond donors (Lipinski definition) is 1. The number of aromatic nitrogens is 2. The monoisotopic (exact) mass is 352 g/mol. The quantitative estimate of drug-likeness (QED) is 0.919. The highest BCUT2D eigenvalue weighted by Gasteiger charge is 2.37. The van der Waals surface area contributed by atoms with Crippen LogP contribution in [0.25, 0.3) is 0 Å². The molecule has 2 amide bonds. The van der Waals surface area contributed by atoms with Crippen LogP contribution >= 0.6 is 0 Å². The maximum Gasteiger partial charge on any atom is 0.251 e. The minimum absolute atomic E-state index is 0.0698. The van der Waals surface area contributed by atoms with Crippen molar-refractivity contribution in [3.05, 3.63) is 53.1 Å². The molecule has 1 aromatic carbocycles. The number of likely N-dealkylation sites (N-methyl/N-ethyl adjacent to an activating group) is 1. The van der Waals surface area contributed by atoms with Crippen molar-refractivity contribution in [1.82, 2.24) is 19.8 Å². The predicted molar refractivity (Wildman–Crippen MR) is 97.7 cm³/mol. The van der Waals surface area contributed by atoms with E-state index in [-0.39, 0.29) is 23.9 Å². The summed E-state index contributed by atoms with van der Waals surface area (Å²) < 4.78 is 1.91. The Morgan fingerprint density at radius 2 is 2.00 bits per heavy atom. The number of fused-ring (bicyclic) bond motifs is 1. The summed E-state index contributed by atoms with van der Waals surface area (Å²) >= 11 is 0. The molecule has 0 spiro atoms. The maximum atomic E-state index is 12.9. The average Bonchev–Trinajstić information content (AvgIpc) is 3.26. The fourth-order valence-electron chi connectivity index (χ4n) is 4.21. The summed E-state index contributed by atoms with van der Waals surface area (Å²) in [7, 11) is 3.71. The standard InChI is InChI=1S/C20H24N4O2/c1-23-12-21-11-17(23)19-16(8-9-18(25)24(19)2)22-20(26)15-7-6-13-4-3-5-14(13)10-15/h6-7,10-12,16,19H,3-5,8-9H2,1-2H3,(H,22,26)/t16-,19-/m1/s1. The first-order valence-corrected chi connectivity index (χ1v) is 9.19. The van der Waals surface area contributed by atoms with Crippen LogP contribution in [0.2, 0.25) is 0 Å². The fourth-order valence-corrected chi connectivity index (χ4v) is 4.21. The molecule has 0 saturated carbocycles. The van der Waals surface area contributed by atoms with Crippen molar-refractivity contribution in [2.75, 3.05) is 7.05 Å². The van der Waals surface area contributed by atoms with E-state index in [4.69, 9.17) is 0 Å². The van der Waals surface area contributed by atoms with Crippen molar-refractivity contribution >= 4 is 11.8 Å². The first-order chi connectivity index (χ1) is 12.5. The summed E-state index contributed by atoms with van der Waals surface area (Å²) in [5.41, 5.74) is 4.28. The van der Waals surface area contributed by atoms with Gasteiger partial charge in [0, 0.05) is 26.1 Å². The molecular formula is C20H24N4O2. The maximum absolute atomic E-state index is 12.9. The van der Waals surface area contributed by atoms with Crippen LogP contribution in [-0.2, 0) is 24.7 Å². The van der Waals surface area contributed by atoms with Crippen LogP contribution in [0.3, 0.4) is 0 Å². The second kappa shape index (κ2) is 6.59. The molecule has 26 heavy (non-hydrogen) atoms. The number of rotatable bonds is 3. The van der Waals surface area contributed by atoms with Gasteiger partial charge >= 0.3 is 0 Å². The van der Waals surface area contributed by atoms with E-state index in [0.29, 0.717) is 18.4 Å². The Morgan fingerprint density at radius 3 is 2.77 bits per heavy atom. The number of imidazole rings is 1. The van der Waals surface area contributed by atoms with Gasteiger partial charge in [-0.2, -0.15) is 0 Å². The molecule has 1 aliphatic heterocycles. The highest BCUT2D eigenvalue weighted by Crippen LogP contribution is 2.31. The Hall–Kier alpha value is -2.63. The Kier molecular flexibility index (Phi) is 4.26. The van der Waals surface area contributed by atoms with E-state index in [9.17, 15) is 9.59 Å². The largest absolute Gasteiger partial charge is 0.347 e. The van der Waals surface area contributed by atoms with Crippen LogP contribution < -0.4 is 5.32 Å². The zero-order valence-electron chi connectivity index (χ0n) is 15.2. The van der Waals surface area contributed by atoms with E-state index in [2.05, 4.69) is 16.4 Å². The lowest BCUT2D eigenvalue weighted by Gasteiger charge is -2.39. The van der Waals surface area contributed by atoms with Gasteiger partial charge in [-0.15, -0.1) is 0 Å². The van der Waals surface area contributed by atoms with Crippen LogP contribution in [-0.4, -0.2) is 39.4 Å². The molecule has 2 aromatic rings. The van der Waals surface area contributed by atoms with Gasteiger partial charge in [0.15, 0.2) is 0 Å². The molecule has 1 N–H and O–H groups in total. The lowest BCUT2D eigenvalue weighted by molar-refractivity contribution is -0.136. The number of aryl methyl sites for hydroxylation is 3. The SMILES string of the molecule is CN1C(=O)CC[C@@H](NC(=O)c2ccc3c(c2)CCC3)[C@@H]1c1cncn1C. The normalized spacial score (nSPS) is 22.4. The van der Waals surface area contributed by atoms with Gasteiger partial charge in [-0.3, -0.25) is 9.59 Å². The van der Waals surface area contributed by atoms with Gasteiger partial charge in [0.05, 0.1) is 30.3 Å². The Balaban J connectivity index is 1.58. The molecule has 1 saturated heterocycles. The highest BCUT2D eigenvalue weighted by molar-refractivity contribution is 5.95. The molecular weight excluding hydrogens is 328 g/mol. The van der Waals surface area contributed by atoms with Gasteiger partial charge in [0.2, 0.25) is 5.91 Å². The topological polar surface area (TPSA) is 67.2 Å². The van der Waals surface area contributed by atoms with Crippen LogP contribution in [0.15, 0.2) is 30.7 Å². The van der Waals surface area contributed by atoms with E-state index in [0.717, 1.165) is 18.5 Å². The van der Waals surface area contributed by atoms with Crippen LogP contribution in [0, 0.1) is 0 Å². The fraction of sp³-hybridized carbons (Fsp3) is 0.450. The average molecular weight is 352 g/mol. The van der Waals surface area contributed by atoms with Crippen LogP contribution in [0.1, 0.15) is 52.5 Å². The third kappa shape index (κ3) is 2.89. The van der Waals surface area contributed by atoms with Crippen molar-refractivity contribution in [3.8, 4) is 0 Å². The van der Waals surface area contributed by atoms with E-state index in [1.807, 2.05) is 23.7 Å². The van der Waals surface area contributed by atoms with E-state index < -0.39 is 0 Å². The summed E-state index contributed by atoms with van der Waals surface area (Å²) in [5, 5.41) is 3.17. The Morgan fingerprint density at radius 1 is 1.19 bits per heavy atom. The molecule has 2 atom stereocenters. The van der Waals surface area contributed by atoms with Crippen LogP contribution in [0.5, 0.6) is 0 Å². The van der Waals surface area contributed by atoms with Crippen molar-refractivity contribution in [1.29, 1.82) is 0 Å². The molecule has 136 valence electrons. The van der Waals surface area contributed by atoms with Crippen molar-refractivity contribution < 1.29 is 9.59 Å². The minimum atomic E-state index is -0.206. The molecule has 0 bridgehead atoms. The third-order valence-corrected chi connectivity index (χ3v) is 5.70. The zero-order valence-corrected chi connectivity index (χ0v) is 15.2. The molecule has 0 radical (unpaired) electrons. The molecule has 1 aliphatic carbocycles. The number of carbonyl (C=O) groups is 2. The molecule has 1 aromatic heterocycles. The molecule has 1 fully saturated rings. The number of nitrogens with one attached hydrogen (secondary N) is 1. The van der Waals surface area contributed by atoms with Gasteiger partial charge in [0.1, 0.15) is 0 Å². The van der Waals surface area contributed by atoms with Crippen molar-refractivity contribution in [2.24, 2.45) is 7.05 Å². The zero-order chi connectivity index (χ0) is 18.3. The first kappa shape index (κ1) is 16.8. The van der Waals surface area contributed by atoms with E-state index in [1.54, 1.807) is 24.5 Å². The summed E-state index contributed by atoms with van der Waals surface area (Å²) in [6.07, 6.45) is 7.90. The first-order valence-electron chi connectivity index (χ1n) is 9.19. The highest BCUT2D eigenvalue weighted by atomic mass is 16.2. The van der Waals surface area contributed by atoms with E-state index >= 15 is 0 Å². The number of nitrogens with zero attached hydrogens (tertiary/aromatic N) is 3. The smallest absolute Gasteiger partial charge is 0.251 e. The van der Waals surface area contributed by atoms with Gasteiger partial charge in [-0.05, 0) is 48.9 Å². The predicted octanol–water partition coefficient (Wildman–Crippen LogP) is 2.00. The summed E-state index contributed by atoms with van der Waals surface area (Å²) in [5.74, 6) is 0.0267. The van der Waals surface area contributed by atoms with Gasteiger partial charge in [-0.25, -0.2) is 4.98 Å². The number of benzene rings is 1. The number of hydrogen-bond acceptors (Lipinski definition) is 3. The van der Waals surface area contributed by atoms with Crippen molar-refractivity contribution in [3.63, 3.8) is 0 Å². The van der Waals surface area contributed by atoms with Crippen molar-refractivity contribution in [2.45, 2.75) is 44.2 Å². The van der Waals surface area contributed by atoms with Gasteiger partial charge < -0.3 is 14.8 Å². The third-order valence-electron chi connectivity index (χ3n) is 5.70. The van der Waals surface area contributed by atoms with Crippen LogP contribution in [0.4, 0.5) is 0 Å². The number of piperidine rings is 1. The second-order valence-electron chi connectivity index (χ2n) is 7.33. The molecule has 2 heterocycles. The summed E-state index contributed by atoms with van der Waals surface area (Å²) in [4.78, 5) is 31.0. The van der Waals surface area contributed by atoms with E-state index in [1.165, 1.54) is 17.5 Å². The molecule has 6 nitrogen and oxygen atoms in total. The molecule has 2 aliphatic rings. The summed E-state index contributed by atoms with van der Waals surface area (Å²) in [6, 6.07) is 5.67. The molecule has 4 rings (SSSR count). The molecule has 6 heteroatoms.